The van der Waals surface area contributed by atoms with Gasteiger partial charge in [-0.2, -0.15) is 4.98 Å². The van der Waals surface area contributed by atoms with Crippen LogP contribution in [0.15, 0.2) is 30.3 Å². The monoisotopic (exact) mass is 372 g/mol. The van der Waals surface area contributed by atoms with Gasteiger partial charge in [-0.3, -0.25) is 20.6 Å². The Bertz CT molecular complexity index is 1000. The Morgan fingerprint density at radius 2 is 2.00 bits per heavy atom. The number of amides is 1. The quantitative estimate of drug-likeness (QED) is 0.480. The highest BCUT2D eigenvalue weighted by molar-refractivity contribution is 6.29. The number of halogens is 2. The molecule has 1 aliphatic rings. The van der Waals surface area contributed by atoms with Crippen molar-refractivity contribution in [1.82, 2.24) is 20.4 Å². The van der Waals surface area contributed by atoms with E-state index in [-0.39, 0.29) is 16.9 Å². The molecule has 1 aromatic carbocycles. The van der Waals surface area contributed by atoms with Gasteiger partial charge in [0, 0.05) is 23.1 Å². The molecule has 7 nitrogen and oxygen atoms in total. The van der Waals surface area contributed by atoms with Crippen LogP contribution in [0.3, 0.4) is 0 Å². The molecule has 0 radical (unpaired) electrons. The van der Waals surface area contributed by atoms with Gasteiger partial charge in [-0.05, 0) is 37.1 Å². The van der Waals surface area contributed by atoms with Crippen molar-refractivity contribution in [2.24, 2.45) is 0 Å². The minimum atomic E-state index is -0.446. The van der Waals surface area contributed by atoms with Gasteiger partial charge in [-0.1, -0.05) is 11.6 Å². The van der Waals surface area contributed by atoms with E-state index in [2.05, 4.69) is 25.8 Å². The maximum absolute atomic E-state index is 13.7. The zero-order chi connectivity index (χ0) is 18.3. The molecule has 4 rings (SSSR count). The standard InChI is InChI=1S/C17H14ClFN6O/c18-14-7-15(23-17(20)22-14)24-25-16(26)11-6-13(8-1-2-8)21-12-4-3-9(19)5-10(11)12/h3-8H,1-2H2,(H,25,26)(H3,20,22,23,24). The third kappa shape index (κ3) is 3.36. The number of nitrogen functional groups attached to an aromatic ring is 1. The first-order chi connectivity index (χ1) is 12.5. The lowest BCUT2D eigenvalue weighted by Gasteiger charge is -2.12. The minimum Gasteiger partial charge on any atom is -0.368 e. The van der Waals surface area contributed by atoms with Crippen LogP contribution in [0.1, 0.15) is 34.8 Å². The first kappa shape index (κ1) is 16.5. The van der Waals surface area contributed by atoms with E-state index in [0.717, 1.165) is 18.5 Å². The predicted octanol–water partition coefficient (Wildman–Crippen LogP) is 3.03. The Labute approximate surface area is 152 Å². The molecule has 0 bridgehead atoms. The second kappa shape index (κ2) is 6.38. The maximum atomic E-state index is 13.7. The number of nitrogens with two attached hydrogens (primary N) is 1. The maximum Gasteiger partial charge on any atom is 0.270 e. The van der Waals surface area contributed by atoms with Gasteiger partial charge in [0.1, 0.15) is 11.0 Å². The number of nitrogens with one attached hydrogen (secondary N) is 2. The molecule has 0 aliphatic heterocycles. The molecule has 9 heteroatoms. The summed E-state index contributed by atoms with van der Waals surface area (Å²) in [4.78, 5) is 24.9. The average Bonchev–Trinajstić information content (AvgIpc) is 3.43. The van der Waals surface area contributed by atoms with Crippen LogP contribution in [0.5, 0.6) is 0 Å². The number of anilines is 2. The predicted molar refractivity (Wildman–Crippen MR) is 96.2 cm³/mol. The lowest BCUT2D eigenvalue weighted by atomic mass is 10.1. The van der Waals surface area contributed by atoms with Crippen molar-refractivity contribution in [2.45, 2.75) is 18.8 Å². The molecule has 4 N–H and O–H groups in total. The van der Waals surface area contributed by atoms with E-state index in [1.807, 2.05) is 0 Å². The smallest absolute Gasteiger partial charge is 0.270 e. The Kier molecular flexibility index (Phi) is 4.04. The van der Waals surface area contributed by atoms with E-state index in [9.17, 15) is 9.18 Å². The molecule has 132 valence electrons. The normalized spacial score (nSPS) is 13.6. The number of pyridine rings is 1. The molecule has 2 aromatic heterocycles. The second-order valence-electron chi connectivity index (χ2n) is 6.04. The molecule has 2 heterocycles. The summed E-state index contributed by atoms with van der Waals surface area (Å²) in [7, 11) is 0. The molecule has 1 fully saturated rings. The van der Waals surface area contributed by atoms with Crippen LogP contribution in [0, 0.1) is 5.82 Å². The fraction of sp³-hybridized carbons (Fsp3) is 0.176. The van der Waals surface area contributed by atoms with E-state index >= 15 is 0 Å². The molecule has 0 atom stereocenters. The number of aromatic nitrogens is 3. The Morgan fingerprint density at radius 3 is 2.73 bits per heavy atom. The van der Waals surface area contributed by atoms with E-state index < -0.39 is 11.7 Å². The number of nitrogens with zero attached hydrogens (tertiary/aromatic N) is 3. The van der Waals surface area contributed by atoms with Gasteiger partial charge in [0.25, 0.3) is 5.91 Å². The van der Waals surface area contributed by atoms with Crippen molar-refractivity contribution >= 4 is 40.2 Å². The summed E-state index contributed by atoms with van der Waals surface area (Å²) in [6.07, 6.45) is 2.08. The van der Waals surface area contributed by atoms with Gasteiger partial charge in [0.2, 0.25) is 5.95 Å². The average molecular weight is 373 g/mol. The number of hydrogen-bond acceptors (Lipinski definition) is 6. The summed E-state index contributed by atoms with van der Waals surface area (Å²) in [6, 6.07) is 7.33. The fourth-order valence-corrected chi connectivity index (χ4v) is 2.87. The number of carbonyl (C=O) groups excluding carboxylic acids is 1. The van der Waals surface area contributed by atoms with Gasteiger partial charge < -0.3 is 5.73 Å². The van der Waals surface area contributed by atoms with Crippen molar-refractivity contribution in [3.63, 3.8) is 0 Å². The lowest BCUT2D eigenvalue weighted by molar-refractivity contribution is 0.0964. The van der Waals surface area contributed by atoms with E-state index in [1.165, 1.54) is 18.2 Å². The zero-order valence-corrected chi connectivity index (χ0v) is 14.2. The molecule has 0 spiro atoms. The van der Waals surface area contributed by atoms with Crippen LogP contribution in [0.2, 0.25) is 5.15 Å². The zero-order valence-electron chi connectivity index (χ0n) is 13.5. The molecule has 0 unspecified atom stereocenters. The summed E-state index contributed by atoms with van der Waals surface area (Å²) in [6.45, 7) is 0. The number of rotatable bonds is 4. The van der Waals surface area contributed by atoms with Crippen LogP contribution < -0.4 is 16.6 Å². The lowest BCUT2D eigenvalue weighted by Crippen LogP contribution is -2.30. The third-order valence-corrected chi connectivity index (χ3v) is 4.24. The Balaban J connectivity index is 1.65. The summed E-state index contributed by atoms with van der Waals surface area (Å²) in [5.74, 6) is -0.317. The molecular weight excluding hydrogens is 359 g/mol. The second-order valence-corrected chi connectivity index (χ2v) is 6.43. The van der Waals surface area contributed by atoms with Crippen LogP contribution >= 0.6 is 11.6 Å². The van der Waals surface area contributed by atoms with Crippen molar-refractivity contribution in [2.75, 3.05) is 11.2 Å². The molecule has 0 saturated heterocycles. The van der Waals surface area contributed by atoms with E-state index in [0.29, 0.717) is 22.4 Å². The molecule has 1 amide bonds. The van der Waals surface area contributed by atoms with Crippen LogP contribution in [-0.4, -0.2) is 20.9 Å². The van der Waals surface area contributed by atoms with Gasteiger partial charge in [0.15, 0.2) is 5.82 Å². The fourth-order valence-electron chi connectivity index (χ4n) is 2.68. The summed E-state index contributed by atoms with van der Waals surface area (Å²) in [5, 5.41) is 0.579. The van der Waals surface area contributed by atoms with Crippen LogP contribution in [0.25, 0.3) is 10.9 Å². The van der Waals surface area contributed by atoms with E-state index in [4.69, 9.17) is 17.3 Å². The highest BCUT2D eigenvalue weighted by Gasteiger charge is 2.27. The van der Waals surface area contributed by atoms with Gasteiger partial charge >= 0.3 is 0 Å². The molecular formula is C17H14ClFN6O. The number of hydrogen-bond donors (Lipinski definition) is 3. The third-order valence-electron chi connectivity index (χ3n) is 4.05. The minimum absolute atomic E-state index is 0.0262. The number of fused-ring (bicyclic) bond motifs is 1. The van der Waals surface area contributed by atoms with Crippen LogP contribution in [0.4, 0.5) is 16.2 Å². The van der Waals surface area contributed by atoms with E-state index in [1.54, 1.807) is 12.1 Å². The largest absolute Gasteiger partial charge is 0.368 e. The summed E-state index contributed by atoms with van der Waals surface area (Å²) >= 11 is 5.81. The number of benzene rings is 1. The first-order valence-electron chi connectivity index (χ1n) is 7.96. The number of carbonyl (C=O) groups is 1. The molecule has 1 aliphatic carbocycles. The highest BCUT2D eigenvalue weighted by atomic mass is 35.5. The summed E-state index contributed by atoms with van der Waals surface area (Å²) in [5.41, 5.74) is 12.4. The number of hydrazine groups is 1. The molecule has 1 saturated carbocycles. The topological polar surface area (TPSA) is 106 Å². The Morgan fingerprint density at radius 1 is 1.19 bits per heavy atom. The van der Waals surface area contributed by atoms with Crippen molar-refractivity contribution in [3.05, 3.63) is 52.6 Å². The highest BCUT2D eigenvalue weighted by Crippen LogP contribution is 2.40. The van der Waals surface area contributed by atoms with Crippen molar-refractivity contribution < 1.29 is 9.18 Å². The van der Waals surface area contributed by atoms with Gasteiger partial charge in [-0.15, -0.1) is 0 Å². The first-order valence-corrected chi connectivity index (χ1v) is 8.34. The van der Waals surface area contributed by atoms with Crippen LogP contribution in [-0.2, 0) is 0 Å². The summed E-state index contributed by atoms with van der Waals surface area (Å²) < 4.78 is 13.7. The van der Waals surface area contributed by atoms with Gasteiger partial charge in [-0.25, -0.2) is 9.37 Å². The molecule has 3 aromatic rings. The van der Waals surface area contributed by atoms with Crippen molar-refractivity contribution in [3.8, 4) is 0 Å². The molecule has 26 heavy (non-hydrogen) atoms. The SMILES string of the molecule is Nc1nc(Cl)cc(NNC(=O)c2cc(C3CC3)nc3ccc(F)cc23)n1. The van der Waals surface area contributed by atoms with Gasteiger partial charge in [0.05, 0.1) is 11.1 Å². The Hall–Kier alpha value is -3.00. The van der Waals surface area contributed by atoms with Crippen molar-refractivity contribution in [1.29, 1.82) is 0 Å².